The lowest BCUT2D eigenvalue weighted by molar-refractivity contribution is 0.878. The van der Waals surface area contributed by atoms with E-state index in [2.05, 4.69) is 0 Å². The van der Waals surface area contributed by atoms with Gasteiger partial charge in [0.2, 0.25) is 0 Å². The van der Waals surface area contributed by atoms with E-state index < -0.39 is 0 Å². The van der Waals surface area contributed by atoms with Crippen LogP contribution in [-0.4, -0.2) is 5.71 Å². The Morgan fingerprint density at radius 3 is 2.42 bits per heavy atom. The van der Waals surface area contributed by atoms with Gasteiger partial charge in [0, 0.05) is 17.0 Å². The minimum absolute atomic E-state index is 0.231. The first-order valence-electron chi connectivity index (χ1n) is 4.06. The molecule has 0 aliphatic rings. The third-order valence-corrected chi connectivity index (χ3v) is 1.83. The zero-order valence-corrected chi connectivity index (χ0v) is 7.46. The molecule has 0 bridgehead atoms. The van der Waals surface area contributed by atoms with Gasteiger partial charge in [-0.2, -0.15) is 0 Å². The Bertz CT molecular complexity index is 290. The van der Waals surface area contributed by atoms with E-state index in [4.69, 9.17) is 11.1 Å². The minimum Gasteiger partial charge on any atom is -0.398 e. The lowest BCUT2D eigenvalue weighted by Crippen LogP contribution is -2.09. The van der Waals surface area contributed by atoms with Crippen LogP contribution in [0.25, 0.3) is 0 Å². The molecule has 0 heterocycles. The van der Waals surface area contributed by atoms with Gasteiger partial charge in [-0.1, -0.05) is 32.0 Å². The number of hydrogen-bond donors (Lipinski definition) is 2. The Morgan fingerprint density at radius 2 is 1.92 bits per heavy atom. The molecule has 3 N–H and O–H groups in total. The summed E-state index contributed by atoms with van der Waals surface area (Å²) in [7, 11) is 0. The molecule has 0 amide bonds. The number of anilines is 1. The molecular formula is C10H14N2. The summed E-state index contributed by atoms with van der Waals surface area (Å²) in [5.74, 6) is 0.231. The number of benzene rings is 1. The molecule has 1 aromatic carbocycles. The highest BCUT2D eigenvalue weighted by atomic mass is 14.6. The van der Waals surface area contributed by atoms with Crippen molar-refractivity contribution in [3.05, 3.63) is 29.8 Å². The SMILES string of the molecule is CC(C)C(=N)c1ccccc1N. The molecule has 1 rings (SSSR count). The van der Waals surface area contributed by atoms with Gasteiger partial charge in [-0.3, -0.25) is 0 Å². The Labute approximate surface area is 72.9 Å². The van der Waals surface area contributed by atoms with Crippen LogP contribution in [0.1, 0.15) is 19.4 Å². The van der Waals surface area contributed by atoms with Crippen LogP contribution in [0.3, 0.4) is 0 Å². The molecule has 0 spiro atoms. The summed E-state index contributed by atoms with van der Waals surface area (Å²) in [5, 5.41) is 7.75. The normalized spacial score (nSPS) is 10.2. The van der Waals surface area contributed by atoms with Crippen LogP contribution in [0.15, 0.2) is 24.3 Å². The fourth-order valence-corrected chi connectivity index (χ4v) is 1.05. The Balaban J connectivity index is 3.03. The molecular weight excluding hydrogens is 148 g/mol. The van der Waals surface area contributed by atoms with Gasteiger partial charge in [0.25, 0.3) is 0 Å². The predicted molar refractivity (Wildman–Crippen MR) is 52.5 cm³/mol. The summed E-state index contributed by atoms with van der Waals surface area (Å²) in [6, 6.07) is 7.50. The van der Waals surface area contributed by atoms with Crippen molar-refractivity contribution in [2.75, 3.05) is 5.73 Å². The molecule has 2 nitrogen and oxygen atoms in total. The average Bonchev–Trinajstić information content (AvgIpc) is 2.04. The highest BCUT2D eigenvalue weighted by Gasteiger charge is 2.07. The molecule has 0 aromatic heterocycles. The largest absolute Gasteiger partial charge is 0.398 e. The van der Waals surface area contributed by atoms with Gasteiger partial charge in [-0.15, -0.1) is 0 Å². The van der Waals surface area contributed by atoms with Gasteiger partial charge in [0.15, 0.2) is 0 Å². The minimum atomic E-state index is 0.231. The zero-order valence-electron chi connectivity index (χ0n) is 7.46. The maximum atomic E-state index is 7.75. The van der Waals surface area contributed by atoms with E-state index in [0.29, 0.717) is 11.4 Å². The first-order chi connectivity index (χ1) is 5.63. The van der Waals surface area contributed by atoms with Gasteiger partial charge in [-0.05, 0) is 12.0 Å². The summed E-state index contributed by atoms with van der Waals surface area (Å²) in [4.78, 5) is 0. The first-order valence-corrected chi connectivity index (χ1v) is 4.06. The van der Waals surface area contributed by atoms with Crippen molar-refractivity contribution in [2.24, 2.45) is 5.92 Å². The zero-order chi connectivity index (χ0) is 9.14. The Hall–Kier alpha value is -1.31. The highest BCUT2D eigenvalue weighted by molar-refractivity contribution is 6.03. The fourth-order valence-electron chi connectivity index (χ4n) is 1.05. The van der Waals surface area contributed by atoms with E-state index in [1.54, 1.807) is 0 Å². The molecule has 0 aliphatic carbocycles. The van der Waals surface area contributed by atoms with Gasteiger partial charge in [0.05, 0.1) is 0 Å². The monoisotopic (exact) mass is 162 g/mol. The second-order valence-corrected chi connectivity index (χ2v) is 3.16. The van der Waals surface area contributed by atoms with Gasteiger partial charge in [-0.25, -0.2) is 0 Å². The molecule has 0 atom stereocenters. The van der Waals surface area contributed by atoms with Gasteiger partial charge < -0.3 is 11.1 Å². The summed E-state index contributed by atoms with van der Waals surface area (Å²) < 4.78 is 0. The van der Waals surface area contributed by atoms with Crippen molar-refractivity contribution in [1.29, 1.82) is 5.41 Å². The third-order valence-electron chi connectivity index (χ3n) is 1.83. The maximum Gasteiger partial charge on any atom is 0.0432 e. The van der Waals surface area contributed by atoms with Crippen molar-refractivity contribution in [3.8, 4) is 0 Å². The lowest BCUT2D eigenvalue weighted by atomic mass is 9.99. The number of nitrogens with one attached hydrogen (secondary N) is 1. The number of rotatable bonds is 2. The van der Waals surface area contributed by atoms with Crippen LogP contribution >= 0.6 is 0 Å². The van der Waals surface area contributed by atoms with E-state index >= 15 is 0 Å². The summed E-state index contributed by atoms with van der Waals surface area (Å²) in [5.41, 5.74) is 7.87. The van der Waals surface area contributed by atoms with Crippen molar-refractivity contribution in [1.82, 2.24) is 0 Å². The van der Waals surface area contributed by atoms with Crippen LogP contribution in [0.4, 0.5) is 5.69 Å². The van der Waals surface area contributed by atoms with Crippen molar-refractivity contribution < 1.29 is 0 Å². The summed E-state index contributed by atoms with van der Waals surface area (Å²) in [6.07, 6.45) is 0. The van der Waals surface area contributed by atoms with Crippen LogP contribution in [-0.2, 0) is 0 Å². The Morgan fingerprint density at radius 1 is 1.33 bits per heavy atom. The van der Waals surface area contributed by atoms with Crippen molar-refractivity contribution in [3.63, 3.8) is 0 Å². The smallest absolute Gasteiger partial charge is 0.0432 e. The highest BCUT2D eigenvalue weighted by Crippen LogP contribution is 2.14. The van der Waals surface area contributed by atoms with E-state index in [9.17, 15) is 0 Å². The number of nitrogens with two attached hydrogens (primary N) is 1. The fraction of sp³-hybridized carbons (Fsp3) is 0.300. The Kier molecular flexibility index (Phi) is 2.48. The second kappa shape index (κ2) is 3.39. The lowest BCUT2D eigenvalue weighted by Gasteiger charge is -2.09. The molecule has 0 aliphatic heterocycles. The van der Waals surface area contributed by atoms with Crippen molar-refractivity contribution >= 4 is 11.4 Å². The molecule has 12 heavy (non-hydrogen) atoms. The van der Waals surface area contributed by atoms with E-state index in [1.807, 2.05) is 38.1 Å². The number of para-hydroxylation sites is 1. The standard InChI is InChI=1S/C10H14N2/c1-7(2)10(12)8-5-3-4-6-9(8)11/h3-7,12H,11H2,1-2H3. The number of hydrogen-bond acceptors (Lipinski definition) is 2. The van der Waals surface area contributed by atoms with Crippen LogP contribution in [0, 0.1) is 11.3 Å². The molecule has 64 valence electrons. The van der Waals surface area contributed by atoms with Crippen LogP contribution in [0.2, 0.25) is 0 Å². The molecule has 0 radical (unpaired) electrons. The topological polar surface area (TPSA) is 49.9 Å². The van der Waals surface area contributed by atoms with Crippen LogP contribution in [0.5, 0.6) is 0 Å². The molecule has 2 heteroatoms. The molecule has 0 fully saturated rings. The van der Waals surface area contributed by atoms with E-state index in [-0.39, 0.29) is 5.92 Å². The van der Waals surface area contributed by atoms with Crippen molar-refractivity contribution in [2.45, 2.75) is 13.8 Å². The first kappa shape index (κ1) is 8.78. The van der Waals surface area contributed by atoms with Gasteiger partial charge in [0.1, 0.15) is 0 Å². The van der Waals surface area contributed by atoms with Gasteiger partial charge >= 0.3 is 0 Å². The maximum absolute atomic E-state index is 7.75. The quantitative estimate of drug-likeness (QED) is 0.508. The van der Waals surface area contributed by atoms with Crippen LogP contribution < -0.4 is 5.73 Å². The summed E-state index contributed by atoms with van der Waals surface area (Å²) in [6.45, 7) is 3.99. The molecule has 0 unspecified atom stereocenters. The third kappa shape index (κ3) is 1.64. The second-order valence-electron chi connectivity index (χ2n) is 3.16. The number of nitrogen functional groups attached to an aromatic ring is 1. The average molecular weight is 162 g/mol. The molecule has 0 saturated heterocycles. The summed E-state index contributed by atoms with van der Waals surface area (Å²) >= 11 is 0. The molecule has 0 saturated carbocycles. The predicted octanol–water partition coefficient (Wildman–Crippen LogP) is 2.29. The van der Waals surface area contributed by atoms with E-state index in [0.717, 1.165) is 5.56 Å². The molecule has 1 aromatic rings. The van der Waals surface area contributed by atoms with E-state index in [1.165, 1.54) is 0 Å².